The highest BCUT2D eigenvalue weighted by atomic mass is 35.5. The fourth-order valence-corrected chi connectivity index (χ4v) is 4.11. The Bertz CT molecular complexity index is 1020. The van der Waals surface area contributed by atoms with Gasteiger partial charge in [-0.3, -0.25) is 9.59 Å². The van der Waals surface area contributed by atoms with Crippen LogP contribution in [0.2, 0.25) is 5.02 Å². The quantitative estimate of drug-likeness (QED) is 0.579. The number of halogens is 1. The summed E-state index contributed by atoms with van der Waals surface area (Å²) >= 11 is 7.55. The number of nitrogens with zero attached hydrogens (tertiary/aromatic N) is 2. The minimum absolute atomic E-state index is 0.0680. The summed E-state index contributed by atoms with van der Waals surface area (Å²) in [7, 11) is 0. The monoisotopic (exact) mass is 426 g/mol. The summed E-state index contributed by atoms with van der Waals surface area (Å²) in [4.78, 5) is 25.4. The first kappa shape index (κ1) is 19.5. The van der Waals surface area contributed by atoms with E-state index in [-0.39, 0.29) is 18.2 Å². The first-order valence-corrected chi connectivity index (χ1v) is 10.5. The summed E-state index contributed by atoms with van der Waals surface area (Å²) in [5, 5.41) is 15.7. The van der Waals surface area contributed by atoms with Crippen molar-refractivity contribution in [1.82, 2.24) is 15.5 Å². The number of benzene rings is 2. The summed E-state index contributed by atoms with van der Waals surface area (Å²) in [5.41, 5.74) is 1.20. The van der Waals surface area contributed by atoms with Crippen molar-refractivity contribution in [2.45, 2.75) is 31.2 Å². The van der Waals surface area contributed by atoms with Crippen LogP contribution in [0.25, 0.3) is 0 Å². The molecule has 0 spiro atoms. The van der Waals surface area contributed by atoms with Gasteiger partial charge in [0.2, 0.25) is 11.0 Å². The van der Waals surface area contributed by atoms with Crippen LogP contribution >= 0.6 is 22.9 Å². The Balaban J connectivity index is 1.47. The number of nitrogens with one attached hydrogen (secondary N) is 2. The molecule has 3 aromatic rings. The molecule has 0 saturated heterocycles. The lowest BCUT2D eigenvalue weighted by atomic mass is 10.0. The van der Waals surface area contributed by atoms with E-state index in [0.29, 0.717) is 21.6 Å². The highest BCUT2D eigenvalue weighted by molar-refractivity contribution is 7.15. The maximum absolute atomic E-state index is 12.7. The Morgan fingerprint density at radius 2 is 1.79 bits per heavy atom. The topological polar surface area (TPSA) is 84.0 Å². The van der Waals surface area contributed by atoms with Crippen LogP contribution in [0.3, 0.4) is 0 Å². The molecule has 4 rings (SSSR count). The lowest BCUT2D eigenvalue weighted by Crippen LogP contribution is -2.31. The van der Waals surface area contributed by atoms with Gasteiger partial charge in [-0.25, -0.2) is 0 Å². The molecule has 2 amide bonds. The van der Waals surface area contributed by atoms with Crippen LogP contribution in [0.4, 0.5) is 5.13 Å². The van der Waals surface area contributed by atoms with Crippen molar-refractivity contribution >= 4 is 39.9 Å². The van der Waals surface area contributed by atoms with Crippen molar-refractivity contribution in [3.05, 3.63) is 75.8 Å². The number of anilines is 1. The highest BCUT2D eigenvalue weighted by Gasteiger charge is 2.28. The van der Waals surface area contributed by atoms with Crippen LogP contribution in [0.15, 0.2) is 54.6 Å². The standard InChI is InChI=1S/C21H19ClN4O2S/c22-16-9-5-4-8-15(16)19(28)23-17(13-6-2-1-3-7-13)12-18(27)24-21-26-25-20(29-21)14-10-11-14/h1-9,14,17H,10-12H2,(H,23,28)(H,24,26,27)/t17-/m0/s1. The summed E-state index contributed by atoms with van der Waals surface area (Å²) in [6, 6.07) is 15.7. The van der Waals surface area contributed by atoms with Gasteiger partial charge in [0.15, 0.2) is 0 Å². The zero-order valence-electron chi connectivity index (χ0n) is 15.5. The van der Waals surface area contributed by atoms with E-state index in [0.717, 1.165) is 23.4 Å². The number of aromatic nitrogens is 2. The molecule has 1 saturated carbocycles. The number of rotatable bonds is 7. The average molecular weight is 427 g/mol. The van der Waals surface area contributed by atoms with Crippen LogP contribution in [0.1, 0.15) is 52.2 Å². The molecule has 1 fully saturated rings. The van der Waals surface area contributed by atoms with Crippen molar-refractivity contribution < 1.29 is 9.59 Å². The van der Waals surface area contributed by atoms with Gasteiger partial charge in [-0.05, 0) is 30.5 Å². The van der Waals surface area contributed by atoms with Gasteiger partial charge < -0.3 is 10.6 Å². The molecule has 1 atom stereocenters. The van der Waals surface area contributed by atoms with Crippen LogP contribution in [0.5, 0.6) is 0 Å². The van der Waals surface area contributed by atoms with Gasteiger partial charge in [-0.15, -0.1) is 10.2 Å². The molecule has 2 aromatic carbocycles. The smallest absolute Gasteiger partial charge is 0.253 e. The third-order valence-corrected chi connectivity index (χ3v) is 5.96. The SMILES string of the molecule is O=C(C[C@H](NC(=O)c1ccccc1Cl)c1ccccc1)Nc1nnc(C2CC2)s1. The zero-order valence-corrected chi connectivity index (χ0v) is 17.0. The van der Waals surface area contributed by atoms with Crippen LogP contribution in [0, 0.1) is 0 Å². The van der Waals surface area contributed by atoms with E-state index in [2.05, 4.69) is 20.8 Å². The molecule has 0 bridgehead atoms. The van der Waals surface area contributed by atoms with Gasteiger partial charge in [0, 0.05) is 5.92 Å². The zero-order chi connectivity index (χ0) is 20.2. The summed E-state index contributed by atoms with van der Waals surface area (Å²) < 4.78 is 0. The maximum atomic E-state index is 12.7. The second-order valence-electron chi connectivity index (χ2n) is 6.89. The second-order valence-corrected chi connectivity index (χ2v) is 8.30. The third kappa shape index (κ3) is 4.99. The minimum atomic E-state index is -0.504. The molecular weight excluding hydrogens is 408 g/mol. The molecule has 0 unspecified atom stereocenters. The van der Waals surface area contributed by atoms with Crippen molar-refractivity contribution in [1.29, 1.82) is 0 Å². The molecule has 1 aliphatic carbocycles. The molecular formula is C21H19ClN4O2S. The van der Waals surface area contributed by atoms with E-state index in [1.54, 1.807) is 24.3 Å². The van der Waals surface area contributed by atoms with Gasteiger partial charge in [0.1, 0.15) is 5.01 Å². The number of hydrogen-bond acceptors (Lipinski definition) is 5. The Labute approximate surface area is 177 Å². The number of hydrogen-bond donors (Lipinski definition) is 2. The summed E-state index contributed by atoms with van der Waals surface area (Å²) in [6.07, 6.45) is 2.33. The van der Waals surface area contributed by atoms with Gasteiger partial charge >= 0.3 is 0 Å². The van der Waals surface area contributed by atoms with Gasteiger partial charge in [0.25, 0.3) is 5.91 Å². The predicted octanol–water partition coefficient (Wildman–Crippen LogP) is 4.57. The first-order chi connectivity index (χ1) is 14.1. The van der Waals surface area contributed by atoms with Crippen molar-refractivity contribution in [2.75, 3.05) is 5.32 Å². The van der Waals surface area contributed by atoms with Crippen molar-refractivity contribution in [3.63, 3.8) is 0 Å². The minimum Gasteiger partial charge on any atom is -0.345 e. The lowest BCUT2D eigenvalue weighted by molar-refractivity contribution is -0.116. The van der Waals surface area contributed by atoms with Crippen molar-refractivity contribution in [2.24, 2.45) is 0 Å². The fourth-order valence-electron chi connectivity index (χ4n) is 2.95. The van der Waals surface area contributed by atoms with Crippen LogP contribution in [-0.4, -0.2) is 22.0 Å². The normalized spacial score (nSPS) is 14.2. The molecule has 29 heavy (non-hydrogen) atoms. The molecule has 1 heterocycles. The van der Waals surface area contributed by atoms with E-state index < -0.39 is 6.04 Å². The van der Waals surface area contributed by atoms with Gasteiger partial charge in [0.05, 0.1) is 23.0 Å². The van der Waals surface area contributed by atoms with E-state index in [1.165, 1.54) is 11.3 Å². The van der Waals surface area contributed by atoms with E-state index in [4.69, 9.17) is 11.6 Å². The fraction of sp³-hybridized carbons (Fsp3) is 0.238. The molecule has 2 N–H and O–H groups in total. The Morgan fingerprint density at radius 1 is 1.07 bits per heavy atom. The average Bonchev–Trinajstić information content (AvgIpc) is 3.48. The molecule has 8 heteroatoms. The van der Waals surface area contributed by atoms with Crippen molar-refractivity contribution in [3.8, 4) is 0 Å². The van der Waals surface area contributed by atoms with E-state index in [9.17, 15) is 9.59 Å². The van der Waals surface area contributed by atoms with Gasteiger partial charge in [-0.1, -0.05) is 65.4 Å². The maximum Gasteiger partial charge on any atom is 0.253 e. The lowest BCUT2D eigenvalue weighted by Gasteiger charge is -2.19. The molecule has 148 valence electrons. The Morgan fingerprint density at radius 3 is 2.52 bits per heavy atom. The summed E-state index contributed by atoms with van der Waals surface area (Å²) in [6.45, 7) is 0. The second kappa shape index (κ2) is 8.71. The Kier molecular flexibility index (Phi) is 5.87. The first-order valence-electron chi connectivity index (χ1n) is 9.34. The van der Waals surface area contributed by atoms with Crippen LogP contribution < -0.4 is 10.6 Å². The molecule has 1 aliphatic rings. The highest BCUT2D eigenvalue weighted by Crippen LogP contribution is 2.42. The third-order valence-electron chi connectivity index (χ3n) is 4.63. The largest absolute Gasteiger partial charge is 0.345 e. The summed E-state index contributed by atoms with van der Waals surface area (Å²) in [5.74, 6) is -0.0777. The number of amides is 2. The number of carbonyl (C=O) groups is 2. The van der Waals surface area contributed by atoms with Gasteiger partial charge in [-0.2, -0.15) is 0 Å². The van der Waals surface area contributed by atoms with E-state index in [1.807, 2.05) is 30.3 Å². The molecule has 1 aromatic heterocycles. The molecule has 0 aliphatic heterocycles. The Hall–Kier alpha value is -2.77. The number of carbonyl (C=O) groups excluding carboxylic acids is 2. The molecule has 0 radical (unpaired) electrons. The predicted molar refractivity (Wildman–Crippen MR) is 113 cm³/mol. The van der Waals surface area contributed by atoms with E-state index >= 15 is 0 Å². The van der Waals surface area contributed by atoms with Crippen LogP contribution in [-0.2, 0) is 4.79 Å². The molecule has 6 nitrogen and oxygen atoms in total.